The van der Waals surface area contributed by atoms with Crippen molar-refractivity contribution in [2.24, 2.45) is 5.73 Å². The molecule has 0 saturated carbocycles. The minimum absolute atomic E-state index is 0.350. The number of hydrogen-bond acceptors (Lipinski definition) is 5. The Morgan fingerprint density at radius 1 is 1.50 bits per heavy atom. The van der Waals surface area contributed by atoms with Gasteiger partial charge in [-0.1, -0.05) is 0 Å². The number of rotatable bonds is 4. The number of carbonyl (C=O) groups excluding carboxylic acids is 1. The minimum atomic E-state index is -1.06. The summed E-state index contributed by atoms with van der Waals surface area (Å²) in [5.41, 5.74) is 4.52. The van der Waals surface area contributed by atoms with Crippen molar-refractivity contribution in [1.82, 2.24) is 10.6 Å². The van der Waals surface area contributed by atoms with Gasteiger partial charge in [-0.15, -0.1) is 0 Å². The molecule has 0 radical (unpaired) electrons. The molecule has 1 atom stereocenters. The molecule has 0 aliphatic rings. The summed E-state index contributed by atoms with van der Waals surface area (Å²) >= 11 is 0. The van der Waals surface area contributed by atoms with Crippen LogP contribution < -0.4 is 16.4 Å². The molecule has 0 aromatic heterocycles. The molecule has 14 heavy (non-hydrogen) atoms. The molecule has 1 amide bonds. The van der Waals surface area contributed by atoms with Crippen LogP contribution in [0.25, 0.3) is 0 Å². The minimum Gasteiger partial charge on any atom is -0.444 e. The number of ether oxygens (including phenoxy) is 1. The summed E-state index contributed by atoms with van der Waals surface area (Å²) in [4.78, 5) is 11.0. The molecule has 6 nitrogen and oxygen atoms in total. The van der Waals surface area contributed by atoms with Crippen molar-refractivity contribution in [3.05, 3.63) is 0 Å². The van der Waals surface area contributed by atoms with Crippen LogP contribution in [-0.2, 0) is 4.74 Å². The Hall–Kier alpha value is -0.850. The Labute approximate surface area is 83.8 Å². The zero-order valence-electron chi connectivity index (χ0n) is 8.83. The van der Waals surface area contributed by atoms with Crippen LogP contribution in [0, 0.1) is 0 Å². The second kappa shape index (κ2) is 5.79. The summed E-state index contributed by atoms with van der Waals surface area (Å²) in [5, 5.41) is 13.7. The molecule has 0 heterocycles. The molecule has 0 fully saturated rings. The van der Waals surface area contributed by atoms with E-state index in [1.807, 2.05) is 0 Å². The number of aliphatic hydroxyl groups excluding tert-OH is 1. The highest BCUT2D eigenvalue weighted by molar-refractivity contribution is 5.67. The van der Waals surface area contributed by atoms with Gasteiger partial charge in [-0.3, -0.25) is 11.1 Å². The Kier molecular flexibility index (Phi) is 5.44. The van der Waals surface area contributed by atoms with Gasteiger partial charge in [-0.25, -0.2) is 4.79 Å². The second-order valence-corrected chi connectivity index (χ2v) is 3.83. The van der Waals surface area contributed by atoms with Crippen molar-refractivity contribution in [2.45, 2.75) is 32.7 Å². The third-order valence-corrected chi connectivity index (χ3v) is 1.15. The van der Waals surface area contributed by atoms with Crippen LogP contribution >= 0.6 is 0 Å². The smallest absolute Gasteiger partial charge is 0.407 e. The average molecular weight is 205 g/mol. The lowest BCUT2D eigenvalue weighted by Crippen LogP contribution is -2.42. The van der Waals surface area contributed by atoms with E-state index in [0.717, 1.165) is 0 Å². The van der Waals surface area contributed by atoms with Crippen molar-refractivity contribution in [3.63, 3.8) is 0 Å². The fourth-order valence-electron chi connectivity index (χ4n) is 0.699. The van der Waals surface area contributed by atoms with Crippen molar-refractivity contribution >= 4 is 6.09 Å². The van der Waals surface area contributed by atoms with Crippen LogP contribution in [-0.4, -0.2) is 36.2 Å². The van der Waals surface area contributed by atoms with E-state index in [9.17, 15) is 4.79 Å². The molecule has 0 aliphatic heterocycles. The van der Waals surface area contributed by atoms with Crippen LogP contribution in [0.4, 0.5) is 4.79 Å². The molecule has 0 aliphatic carbocycles. The van der Waals surface area contributed by atoms with E-state index in [0.29, 0.717) is 13.1 Å². The highest BCUT2D eigenvalue weighted by Crippen LogP contribution is 2.05. The summed E-state index contributed by atoms with van der Waals surface area (Å²) in [7, 11) is 0. The predicted octanol–water partition coefficient (Wildman–Crippen LogP) is -0.665. The first-order valence-electron chi connectivity index (χ1n) is 4.45. The zero-order chi connectivity index (χ0) is 11.2. The van der Waals surface area contributed by atoms with E-state index in [2.05, 4.69) is 10.6 Å². The number of carbonyl (C=O) groups is 1. The number of amides is 1. The highest BCUT2D eigenvalue weighted by atomic mass is 16.6. The van der Waals surface area contributed by atoms with Gasteiger partial charge in [-0.2, -0.15) is 0 Å². The molecule has 1 unspecified atom stereocenters. The maximum Gasteiger partial charge on any atom is 0.407 e. The molecule has 0 rings (SSSR count). The van der Waals surface area contributed by atoms with Crippen LogP contribution in [0.2, 0.25) is 0 Å². The number of alkyl carbamates (subject to hydrolysis) is 1. The fourth-order valence-corrected chi connectivity index (χ4v) is 0.699. The van der Waals surface area contributed by atoms with E-state index in [1.165, 1.54) is 0 Å². The maximum absolute atomic E-state index is 11.0. The lowest BCUT2D eigenvalue weighted by Gasteiger charge is -2.19. The molecule has 84 valence electrons. The Morgan fingerprint density at radius 3 is 2.50 bits per heavy atom. The Balaban J connectivity index is 3.46. The van der Waals surface area contributed by atoms with Crippen molar-refractivity contribution in [3.8, 4) is 0 Å². The van der Waals surface area contributed by atoms with Gasteiger partial charge in [-0.05, 0) is 20.8 Å². The third kappa shape index (κ3) is 9.24. The Morgan fingerprint density at radius 2 is 2.07 bits per heavy atom. The van der Waals surface area contributed by atoms with Crippen LogP contribution in [0.1, 0.15) is 20.8 Å². The molecule has 0 aromatic carbocycles. The molecule has 0 aromatic rings. The predicted molar refractivity (Wildman–Crippen MR) is 52.4 cm³/mol. The largest absolute Gasteiger partial charge is 0.444 e. The third-order valence-electron chi connectivity index (χ3n) is 1.15. The van der Waals surface area contributed by atoms with E-state index < -0.39 is 18.0 Å². The zero-order valence-corrected chi connectivity index (χ0v) is 8.83. The lowest BCUT2D eigenvalue weighted by molar-refractivity contribution is 0.0523. The van der Waals surface area contributed by atoms with Crippen molar-refractivity contribution in [2.75, 3.05) is 13.1 Å². The fraction of sp³-hybridized carbons (Fsp3) is 0.875. The normalized spacial score (nSPS) is 13.5. The number of nitrogens with two attached hydrogens (primary N) is 1. The maximum atomic E-state index is 11.0. The van der Waals surface area contributed by atoms with E-state index >= 15 is 0 Å². The average Bonchev–Trinajstić information content (AvgIpc) is 1.94. The monoisotopic (exact) mass is 205 g/mol. The first kappa shape index (κ1) is 13.2. The van der Waals surface area contributed by atoms with Gasteiger partial charge in [0.15, 0.2) is 6.35 Å². The topological polar surface area (TPSA) is 96.6 Å². The van der Waals surface area contributed by atoms with Crippen LogP contribution in [0.5, 0.6) is 0 Å². The summed E-state index contributed by atoms with van der Waals surface area (Å²) in [6.45, 7) is 6.09. The van der Waals surface area contributed by atoms with E-state index in [4.69, 9.17) is 15.6 Å². The highest BCUT2D eigenvalue weighted by Gasteiger charge is 2.15. The second-order valence-electron chi connectivity index (χ2n) is 3.83. The summed E-state index contributed by atoms with van der Waals surface area (Å²) in [5.74, 6) is 0. The van der Waals surface area contributed by atoms with Gasteiger partial charge >= 0.3 is 6.09 Å². The first-order valence-corrected chi connectivity index (χ1v) is 4.45. The van der Waals surface area contributed by atoms with Crippen molar-refractivity contribution in [1.29, 1.82) is 0 Å². The Bertz CT molecular complexity index is 177. The summed E-state index contributed by atoms with van der Waals surface area (Å²) in [6.07, 6.45) is -1.54. The van der Waals surface area contributed by atoms with Gasteiger partial charge < -0.3 is 15.2 Å². The number of aliphatic hydroxyl groups is 1. The molecule has 5 N–H and O–H groups in total. The number of nitrogens with one attached hydrogen (secondary N) is 2. The molecule has 0 bridgehead atoms. The number of hydrogen-bond donors (Lipinski definition) is 4. The standard InChI is InChI=1S/C8H19N3O3/c1-8(2,3)14-7(13)11-5-4-10-6(9)12/h6,10,12H,4-5,9H2,1-3H3,(H,11,13). The van der Waals surface area contributed by atoms with Gasteiger partial charge in [0, 0.05) is 13.1 Å². The summed E-state index contributed by atoms with van der Waals surface area (Å²) < 4.78 is 4.97. The van der Waals surface area contributed by atoms with Crippen molar-refractivity contribution < 1.29 is 14.6 Å². The van der Waals surface area contributed by atoms with Gasteiger partial charge in [0.1, 0.15) is 5.60 Å². The first-order chi connectivity index (χ1) is 6.31. The van der Waals surface area contributed by atoms with Crippen LogP contribution in [0.15, 0.2) is 0 Å². The van der Waals surface area contributed by atoms with E-state index in [-0.39, 0.29) is 0 Å². The molecular weight excluding hydrogens is 186 g/mol. The molecule has 0 spiro atoms. The quantitative estimate of drug-likeness (QED) is 0.361. The van der Waals surface area contributed by atoms with Crippen LogP contribution in [0.3, 0.4) is 0 Å². The van der Waals surface area contributed by atoms with Gasteiger partial charge in [0.2, 0.25) is 0 Å². The van der Waals surface area contributed by atoms with E-state index in [1.54, 1.807) is 20.8 Å². The molecule has 6 heteroatoms. The lowest BCUT2D eigenvalue weighted by atomic mass is 10.2. The SMILES string of the molecule is CC(C)(C)OC(=O)NCCNC(N)O. The summed E-state index contributed by atoms with van der Waals surface area (Å²) in [6, 6.07) is 0. The molecule has 0 saturated heterocycles. The van der Waals surface area contributed by atoms with Gasteiger partial charge in [0.05, 0.1) is 0 Å². The van der Waals surface area contributed by atoms with Gasteiger partial charge in [0.25, 0.3) is 0 Å². The molecular formula is C8H19N3O3.